The zero-order chi connectivity index (χ0) is 11.4. The highest BCUT2D eigenvalue weighted by Crippen LogP contribution is 2.26. The fourth-order valence-corrected chi connectivity index (χ4v) is 2.95. The van der Waals surface area contributed by atoms with Crippen LogP contribution in [0.3, 0.4) is 0 Å². The van der Waals surface area contributed by atoms with Crippen molar-refractivity contribution in [1.29, 1.82) is 0 Å². The molecule has 16 heavy (non-hydrogen) atoms. The summed E-state index contributed by atoms with van der Waals surface area (Å²) >= 11 is 4.24. The van der Waals surface area contributed by atoms with Crippen LogP contribution in [0.2, 0.25) is 0 Å². The van der Waals surface area contributed by atoms with Crippen molar-refractivity contribution in [2.75, 3.05) is 5.75 Å². The van der Waals surface area contributed by atoms with Gasteiger partial charge in [0.1, 0.15) is 5.82 Å². The van der Waals surface area contributed by atoms with Crippen molar-refractivity contribution in [2.45, 2.75) is 25.7 Å². The molecule has 86 valence electrons. The molecule has 0 bridgehead atoms. The Hall–Kier alpha value is -0.610. The fraction of sp³-hybridized carbons (Fsp3) is 0.417. The highest BCUT2D eigenvalue weighted by molar-refractivity contribution is 8.68. The monoisotopic (exact) mass is 252 g/mol. The summed E-state index contributed by atoms with van der Waals surface area (Å²) < 4.78 is 0. The third-order valence-electron chi connectivity index (χ3n) is 2.71. The summed E-state index contributed by atoms with van der Waals surface area (Å²) in [5.41, 5.74) is 2.19. The Bertz CT molecular complexity index is 414. The van der Waals surface area contributed by atoms with E-state index in [-0.39, 0.29) is 0 Å². The number of aromatic amines is 1. The van der Waals surface area contributed by atoms with Gasteiger partial charge in [0.2, 0.25) is 0 Å². The van der Waals surface area contributed by atoms with Gasteiger partial charge in [-0.25, -0.2) is 4.98 Å². The van der Waals surface area contributed by atoms with Crippen LogP contribution in [-0.4, -0.2) is 15.7 Å². The van der Waals surface area contributed by atoms with Crippen LogP contribution in [-0.2, 0) is 0 Å². The lowest BCUT2D eigenvalue weighted by Gasteiger charge is -2.10. The van der Waals surface area contributed by atoms with Gasteiger partial charge in [-0.2, -0.15) is 0 Å². The van der Waals surface area contributed by atoms with Crippen molar-refractivity contribution in [2.24, 2.45) is 0 Å². The van der Waals surface area contributed by atoms with E-state index in [1.54, 1.807) is 10.8 Å². The summed E-state index contributed by atoms with van der Waals surface area (Å²) in [6.45, 7) is 2.21. The summed E-state index contributed by atoms with van der Waals surface area (Å²) in [5.74, 6) is 2.60. The van der Waals surface area contributed by atoms with Gasteiger partial charge in [-0.05, 0) is 18.6 Å². The molecule has 0 saturated carbocycles. The van der Waals surface area contributed by atoms with Crippen molar-refractivity contribution in [3.05, 3.63) is 30.1 Å². The van der Waals surface area contributed by atoms with E-state index in [1.807, 2.05) is 18.2 Å². The molecule has 0 saturated heterocycles. The molecule has 0 amide bonds. The Morgan fingerprint density at radius 2 is 2.25 bits per heavy atom. The summed E-state index contributed by atoms with van der Waals surface area (Å²) in [4.78, 5) is 8.05. The maximum absolute atomic E-state index is 4.65. The molecule has 1 aromatic heterocycles. The maximum atomic E-state index is 4.65. The average Bonchev–Trinajstić information content (AvgIpc) is 2.72. The van der Waals surface area contributed by atoms with E-state index in [9.17, 15) is 0 Å². The Labute approximate surface area is 105 Å². The highest BCUT2D eigenvalue weighted by atomic mass is 33.1. The number of benzene rings is 1. The number of nitrogens with one attached hydrogen (secondary N) is 1. The first-order valence-electron chi connectivity index (χ1n) is 5.56. The van der Waals surface area contributed by atoms with Gasteiger partial charge in [0.25, 0.3) is 0 Å². The molecular formula is C12H16N2S2. The van der Waals surface area contributed by atoms with E-state index in [0.29, 0.717) is 5.92 Å². The molecule has 0 aliphatic rings. The second-order valence-electron chi connectivity index (χ2n) is 3.92. The van der Waals surface area contributed by atoms with Crippen molar-refractivity contribution in [3.63, 3.8) is 0 Å². The number of hydrogen-bond acceptors (Lipinski definition) is 3. The number of rotatable bonds is 5. The summed E-state index contributed by atoms with van der Waals surface area (Å²) in [5, 5.41) is 0. The average molecular weight is 252 g/mol. The van der Waals surface area contributed by atoms with Crippen molar-refractivity contribution < 1.29 is 0 Å². The highest BCUT2D eigenvalue weighted by Gasteiger charge is 2.14. The van der Waals surface area contributed by atoms with Crippen molar-refractivity contribution in [1.82, 2.24) is 9.97 Å². The van der Waals surface area contributed by atoms with Crippen LogP contribution in [0.25, 0.3) is 11.0 Å². The smallest absolute Gasteiger partial charge is 0.111 e. The fourth-order valence-electron chi connectivity index (χ4n) is 1.90. The molecule has 2 nitrogen and oxygen atoms in total. The van der Waals surface area contributed by atoms with Crippen LogP contribution in [0.1, 0.15) is 31.5 Å². The minimum Gasteiger partial charge on any atom is -0.342 e. The molecule has 1 atom stereocenters. The predicted molar refractivity (Wildman–Crippen MR) is 75.2 cm³/mol. The summed E-state index contributed by atoms with van der Waals surface area (Å²) in [7, 11) is 1.59. The second-order valence-corrected chi connectivity index (χ2v) is 5.29. The quantitative estimate of drug-likeness (QED) is 0.621. The molecule has 0 fully saturated rings. The van der Waals surface area contributed by atoms with Crippen LogP contribution in [0.4, 0.5) is 0 Å². The molecule has 0 aliphatic heterocycles. The van der Waals surface area contributed by atoms with Gasteiger partial charge >= 0.3 is 0 Å². The third-order valence-corrected chi connectivity index (χ3v) is 3.71. The molecule has 2 aromatic rings. The Morgan fingerprint density at radius 3 is 2.94 bits per heavy atom. The molecule has 0 aliphatic carbocycles. The lowest BCUT2D eigenvalue weighted by Crippen LogP contribution is -2.03. The summed E-state index contributed by atoms with van der Waals surface area (Å²) in [6.07, 6.45) is 2.34. The van der Waals surface area contributed by atoms with Crippen LogP contribution < -0.4 is 0 Å². The Morgan fingerprint density at radius 1 is 1.44 bits per heavy atom. The number of H-pyrrole nitrogens is 1. The number of fused-ring (bicyclic) bond motifs is 1. The van der Waals surface area contributed by atoms with E-state index >= 15 is 0 Å². The van der Waals surface area contributed by atoms with Gasteiger partial charge in [0.05, 0.1) is 11.0 Å². The molecule has 2 rings (SSSR count). The van der Waals surface area contributed by atoms with E-state index in [4.69, 9.17) is 0 Å². The van der Waals surface area contributed by atoms with Crippen LogP contribution in [0.5, 0.6) is 0 Å². The van der Waals surface area contributed by atoms with E-state index in [1.165, 1.54) is 6.42 Å². The van der Waals surface area contributed by atoms with Crippen molar-refractivity contribution in [3.8, 4) is 0 Å². The van der Waals surface area contributed by atoms with E-state index < -0.39 is 0 Å². The topological polar surface area (TPSA) is 28.7 Å². The zero-order valence-electron chi connectivity index (χ0n) is 9.31. The van der Waals surface area contributed by atoms with Crippen LogP contribution >= 0.6 is 22.5 Å². The zero-order valence-corrected chi connectivity index (χ0v) is 11.0. The predicted octanol–water partition coefficient (Wildman–Crippen LogP) is 4.02. The number of para-hydroxylation sites is 2. The molecular weight excluding hydrogens is 236 g/mol. The molecule has 4 heteroatoms. The Kier molecular flexibility index (Phi) is 4.18. The van der Waals surface area contributed by atoms with E-state index in [2.05, 4.69) is 34.6 Å². The molecule has 0 radical (unpaired) electrons. The normalized spacial score (nSPS) is 13.1. The van der Waals surface area contributed by atoms with Gasteiger partial charge in [0, 0.05) is 11.7 Å². The third kappa shape index (κ3) is 2.55. The van der Waals surface area contributed by atoms with Crippen LogP contribution in [0.15, 0.2) is 24.3 Å². The molecule has 0 spiro atoms. The number of thiol groups is 1. The largest absolute Gasteiger partial charge is 0.342 e. The van der Waals surface area contributed by atoms with Gasteiger partial charge < -0.3 is 4.98 Å². The number of nitrogens with zero attached hydrogens (tertiary/aromatic N) is 1. The van der Waals surface area contributed by atoms with E-state index in [0.717, 1.165) is 29.0 Å². The number of aromatic nitrogens is 2. The first-order chi connectivity index (χ1) is 7.85. The van der Waals surface area contributed by atoms with Crippen molar-refractivity contribution >= 4 is 33.5 Å². The van der Waals surface area contributed by atoms with Gasteiger partial charge in [0.15, 0.2) is 0 Å². The lowest BCUT2D eigenvalue weighted by atomic mass is 10.1. The Balaban J connectivity index is 2.29. The minimum atomic E-state index is 0.486. The molecule has 1 aromatic carbocycles. The number of hydrogen-bond donors (Lipinski definition) is 2. The second kappa shape index (κ2) is 5.64. The lowest BCUT2D eigenvalue weighted by molar-refractivity contribution is 0.644. The molecule has 1 unspecified atom stereocenters. The first kappa shape index (κ1) is 11.9. The minimum absolute atomic E-state index is 0.486. The number of imidazole rings is 1. The van der Waals surface area contributed by atoms with Crippen LogP contribution in [0, 0.1) is 0 Å². The molecule has 1 heterocycles. The standard InChI is InChI=1S/C12H16N2S2/c1-2-5-9(8-16-15)12-13-10-6-3-4-7-11(10)14-12/h3-4,6-7,9,15H,2,5,8H2,1H3,(H,13,14). The van der Waals surface area contributed by atoms with Gasteiger partial charge in [-0.1, -0.05) is 36.3 Å². The van der Waals surface area contributed by atoms with Gasteiger partial charge in [-0.15, -0.1) is 11.7 Å². The first-order valence-corrected chi connectivity index (χ1v) is 7.60. The summed E-state index contributed by atoms with van der Waals surface area (Å²) in [6, 6.07) is 8.18. The SMILES string of the molecule is CCCC(CSS)c1nc2ccccc2[nH]1. The maximum Gasteiger partial charge on any atom is 0.111 e. The van der Waals surface area contributed by atoms with Gasteiger partial charge in [-0.3, -0.25) is 0 Å². The molecule has 1 N–H and O–H groups in total.